The molecule has 0 aromatic rings. The van der Waals surface area contributed by atoms with Gasteiger partial charge in [-0.1, -0.05) is 10.2 Å². The molecule has 0 aliphatic carbocycles. The van der Waals surface area contributed by atoms with Crippen LogP contribution in [0.3, 0.4) is 0 Å². The lowest BCUT2D eigenvalue weighted by molar-refractivity contribution is -0.100. The van der Waals surface area contributed by atoms with Crippen LogP contribution < -0.4 is 0 Å². The second-order valence-electron chi connectivity index (χ2n) is 2.77. The minimum absolute atomic E-state index is 0.238. The molecule has 0 spiro atoms. The minimum atomic E-state index is -0.238. The first-order chi connectivity index (χ1) is 5.83. The van der Waals surface area contributed by atoms with Gasteiger partial charge in [0.2, 0.25) is 0 Å². The van der Waals surface area contributed by atoms with Gasteiger partial charge < -0.3 is 4.74 Å². The maximum atomic E-state index is 8.09. The van der Waals surface area contributed by atoms with Gasteiger partial charge in [0.05, 0.1) is 13.2 Å². The summed E-state index contributed by atoms with van der Waals surface area (Å²) < 4.78 is 4.97. The van der Waals surface area contributed by atoms with Gasteiger partial charge >= 0.3 is 0 Å². The van der Waals surface area contributed by atoms with Gasteiger partial charge in [-0.3, -0.25) is 0 Å². The largest absolute Gasteiger partial charge is 0.380 e. The fourth-order valence-electron chi connectivity index (χ4n) is 0.987. The molecule has 0 unspecified atom stereocenters. The molecule has 0 aromatic carbocycles. The number of rotatable bonds is 4. The molecule has 0 radical (unpaired) electrons. The molecule has 1 aliphatic heterocycles. The Morgan fingerprint density at radius 3 is 1.92 bits per heavy atom. The zero-order chi connectivity index (χ0) is 8.86. The third-order valence-electron chi connectivity index (χ3n) is 1.76. The van der Waals surface area contributed by atoms with Gasteiger partial charge in [-0.05, 0) is 11.1 Å². The van der Waals surface area contributed by atoms with Crippen molar-refractivity contribution in [3.05, 3.63) is 20.9 Å². The monoisotopic (exact) mass is 168 g/mol. The Bertz CT molecular complexity index is 225. The van der Waals surface area contributed by atoms with Crippen LogP contribution in [0.4, 0.5) is 0 Å². The summed E-state index contributed by atoms with van der Waals surface area (Å²) >= 11 is 0. The van der Waals surface area contributed by atoms with Gasteiger partial charge in [-0.2, -0.15) is 0 Å². The first-order valence-corrected chi connectivity index (χ1v) is 3.42. The summed E-state index contributed by atoms with van der Waals surface area (Å²) in [6.07, 6.45) is 0. The normalized spacial score (nSPS) is 18.3. The maximum Gasteiger partial charge on any atom is 0.0547 e. The zero-order valence-corrected chi connectivity index (χ0v) is 6.42. The van der Waals surface area contributed by atoms with Gasteiger partial charge in [0.1, 0.15) is 0 Å². The van der Waals surface area contributed by atoms with Crippen molar-refractivity contribution in [2.24, 2.45) is 15.6 Å². The molecule has 1 saturated heterocycles. The van der Waals surface area contributed by atoms with Crippen molar-refractivity contribution >= 4 is 0 Å². The Hall–Kier alpha value is -1.42. The quantitative estimate of drug-likeness (QED) is 0.355. The molecule has 0 saturated carbocycles. The summed E-state index contributed by atoms with van der Waals surface area (Å²) in [5.74, 6) is 0. The highest BCUT2D eigenvalue weighted by Gasteiger charge is 2.37. The van der Waals surface area contributed by atoms with Crippen molar-refractivity contribution in [3.63, 3.8) is 0 Å². The Morgan fingerprint density at radius 1 is 1.17 bits per heavy atom. The van der Waals surface area contributed by atoms with E-state index in [2.05, 4.69) is 20.1 Å². The van der Waals surface area contributed by atoms with E-state index in [0.717, 1.165) is 0 Å². The SMILES string of the molecule is [N-]=[N+]=NCC1(CN=[N+]=[N-])COC1. The van der Waals surface area contributed by atoms with Crippen molar-refractivity contribution < 1.29 is 4.74 Å². The average molecular weight is 168 g/mol. The summed E-state index contributed by atoms with van der Waals surface area (Å²) in [6.45, 7) is 1.68. The topological polar surface area (TPSA) is 107 Å². The third kappa shape index (κ3) is 1.79. The van der Waals surface area contributed by atoms with Gasteiger partial charge in [0, 0.05) is 28.3 Å². The predicted molar refractivity (Wildman–Crippen MR) is 41.3 cm³/mol. The summed E-state index contributed by atoms with van der Waals surface area (Å²) in [4.78, 5) is 5.29. The summed E-state index contributed by atoms with van der Waals surface area (Å²) in [5.41, 5.74) is 15.9. The highest BCUT2D eigenvalue weighted by molar-refractivity contribution is 4.89. The number of hydrogen-bond donors (Lipinski definition) is 0. The third-order valence-corrected chi connectivity index (χ3v) is 1.76. The van der Waals surface area contributed by atoms with Crippen molar-refractivity contribution in [1.29, 1.82) is 0 Å². The van der Waals surface area contributed by atoms with Crippen LogP contribution in [0.5, 0.6) is 0 Å². The molecule has 1 rings (SSSR count). The molecule has 12 heavy (non-hydrogen) atoms. The van der Waals surface area contributed by atoms with Crippen LogP contribution in [0.2, 0.25) is 0 Å². The summed E-state index contributed by atoms with van der Waals surface area (Å²) in [5, 5.41) is 6.87. The van der Waals surface area contributed by atoms with E-state index in [4.69, 9.17) is 15.8 Å². The molecule has 7 nitrogen and oxygen atoms in total. The van der Waals surface area contributed by atoms with Crippen molar-refractivity contribution in [2.45, 2.75) is 0 Å². The van der Waals surface area contributed by atoms with E-state index in [1.165, 1.54) is 0 Å². The molecule has 1 aliphatic rings. The molecule has 0 aromatic heterocycles. The van der Waals surface area contributed by atoms with Crippen LogP contribution in [0.25, 0.3) is 20.9 Å². The highest BCUT2D eigenvalue weighted by Crippen LogP contribution is 2.28. The van der Waals surface area contributed by atoms with Crippen molar-refractivity contribution in [2.75, 3.05) is 26.3 Å². The lowest BCUT2D eigenvalue weighted by Crippen LogP contribution is -2.47. The van der Waals surface area contributed by atoms with E-state index < -0.39 is 0 Å². The van der Waals surface area contributed by atoms with E-state index in [1.54, 1.807) is 0 Å². The molecule has 64 valence electrons. The Balaban J connectivity index is 2.49. The molecule has 1 fully saturated rings. The number of ether oxygens (including phenoxy) is 1. The molecular formula is C5H8N6O. The van der Waals surface area contributed by atoms with Crippen LogP contribution >= 0.6 is 0 Å². The van der Waals surface area contributed by atoms with Gasteiger partial charge in [-0.25, -0.2) is 0 Å². The van der Waals surface area contributed by atoms with Crippen LogP contribution in [-0.2, 0) is 4.74 Å². The second kappa shape index (κ2) is 3.82. The van der Waals surface area contributed by atoms with E-state index in [-0.39, 0.29) is 5.41 Å². The molecule has 7 heteroatoms. The van der Waals surface area contributed by atoms with Crippen LogP contribution in [0.1, 0.15) is 0 Å². The number of nitrogens with zero attached hydrogens (tertiary/aromatic N) is 6. The summed E-state index contributed by atoms with van der Waals surface area (Å²) in [7, 11) is 0. The molecule has 0 bridgehead atoms. The first kappa shape index (κ1) is 8.67. The lowest BCUT2D eigenvalue weighted by Gasteiger charge is -2.39. The smallest absolute Gasteiger partial charge is 0.0547 e. The van der Waals surface area contributed by atoms with Gasteiger partial charge in [-0.15, -0.1) is 0 Å². The fraction of sp³-hybridized carbons (Fsp3) is 1.00. The van der Waals surface area contributed by atoms with Crippen LogP contribution in [-0.4, -0.2) is 26.3 Å². The first-order valence-electron chi connectivity index (χ1n) is 3.42. The van der Waals surface area contributed by atoms with Crippen LogP contribution in [0.15, 0.2) is 10.2 Å². The Morgan fingerprint density at radius 2 is 1.67 bits per heavy atom. The average Bonchev–Trinajstić information content (AvgIpc) is 2.02. The Kier molecular flexibility index (Phi) is 2.76. The fourth-order valence-corrected chi connectivity index (χ4v) is 0.987. The zero-order valence-electron chi connectivity index (χ0n) is 6.42. The summed E-state index contributed by atoms with van der Waals surface area (Å²) in [6, 6.07) is 0. The standard InChI is InChI=1S/C5H8N6O/c6-10-8-1-5(2-9-11-7)3-12-4-5/h1-4H2. The Labute approximate surface area is 68.6 Å². The van der Waals surface area contributed by atoms with E-state index in [9.17, 15) is 0 Å². The number of azide groups is 2. The van der Waals surface area contributed by atoms with Gasteiger partial charge in [0.15, 0.2) is 0 Å². The van der Waals surface area contributed by atoms with E-state index >= 15 is 0 Å². The minimum Gasteiger partial charge on any atom is -0.380 e. The van der Waals surface area contributed by atoms with Crippen molar-refractivity contribution in [3.8, 4) is 0 Å². The van der Waals surface area contributed by atoms with E-state index in [0.29, 0.717) is 26.3 Å². The molecule has 0 atom stereocenters. The second-order valence-corrected chi connectivity index (χ2v) is 2.77. The van der Waals surface area contributed by atoms with Crippen molar-refractivity contribution in [1.82, 2.24) is 0 Å². The predicted octanol–water partition coefficient (Wildman–Crippen LogP) is 1.62. The molecular weight excluding hydrogens is 160 g/mol. The molecule has 1 heterocycles. The maximum absolute atomic E-state index is 8.09. The van der Waals surface area contributed by atoms with Crippen LogP contribution in [0, 0.1) is 5.41 Å². The molecule has 0 N–H and O–H groups in total. The van der Waals surface area contributed by atoms with E-state index in [1.807, 2.05) is 0 Å². The molecule has 0 amide bonds. The van der Waals surface area contributed by atoms with Gasteiger partial charge in [0.25, 0.3) is 0 Å². The number of hydrogen-bond acceptors (Lipinski definition) is 3. The highest BCUT2D eigenvalue weighted by atomic mass is 16.5. The lowest BCUT2D eigenvalue weighted by atomic mass is 9.86.